The number of rotatable bonds is 5. The summed E-state index contributed by atoms with van der Waals surface area (Å²) in [5.41, 5.74) is 0.819. The first-order valence-electron chi connectivity index (χ1n) is 5.95. The van der Waals surface area contributed by atoms with E-state index in [1.54, 1.807) is 24.5 Å². The van der Waals surface area contributed by atoms with Crippen molar-refractivity contribution in [3.05, 3.63) is 53.4 Å². The summed E-state index contributed by atoms with van der Waals surface area (Å²) in [7, 11) is 0. The summed E-state index contributed by atoms with van der Waals surface area (Å²) in [5.74, 6) is 1.61. The molecule has 0 aliphatic heterocycles. The zero-order valence-electron chi connectivity index (χ0n) is 10.4. The topological polar surface area (TPSA) is 76.8 Å². The van der Waals surface area contributed by atoms with Gasteiger partial charge in [0.2, 0.25) is 11.8 Å². The number of halogens is 1. The Bertz CT molecular complexity index is 664. The fraction of sp³-hybridized carbons (Fsp3) is 0.154. The maximum atomic E-state index is 5.83. The van der Waals surface area contributed by atoms with Gasteiger partial charge in [0.15, 0.2) is 0 Å². The second kappa shape index (κ2) is 5.85. The van der Waals surface area contributed by atoms with E-state index in [2.05, 4.69) is 20.2 Å². The number of hydrogen-bond donors (Lipinski definition) is 1. The van der Waals surface area contributed by atoms with Gasteiger partial charge in [-0.05, 0) is 24.3 Å². The number of H-pyrrole nitrogens is 1. The molecule has 0 amide bonds. The number of hydrogen-bond acceptors (Lipinski definition) is 5. The van der Waals surface area contributed by atoms with Crippen molar-refractivity contribution in [3.63, 3.8) is 0 Å². The Morgan fingerprint density at radius 1 is 1.15 bits per heavy atom. The van der Waals surface area contributed by atoms with Gasteiger partial charge < -0.3 is 14.1 Å². The molecule has 102 valence electrons. The highest BCUT2D eigenvalue weighted by Gasteiger charge is 2.08. The lowest BCUT2D eigenvalue weighted by Crippen LogP contribution is -1.96. The van der Waals surface area contributed by atoms with Crippen molar-refractivity contribution in [2.45, 2.75) is 13.2 Å². The minimum atomic E-state index is 0.237. The van der Waals surface area contributed by atoms with E-state index in [-0.39, 0.29) is 6.61 Å². The minimum Gasteiger partial charge on any atom is -0.418 e. The lowest BCUT2D eigenvalue weighted by Gasteiger charge is -1.97. The Balaban J connectivity index is 1.60. The van der Waals surface area contributed by atoms with E-state index in [0.29, 0.717) is 23.4 Å². The highest BCUT2D eigenvalue weighted by Crippen LogP contribution is 2.20. The average Bonchev–Trinajstić information content (AvgIpc) is 3.11. The molecule has 0 unspecified atom stereocenters. The molecule has 20 heavy (non-hydrogen) atoms. The molecule has 0 saturated carbocycles. The summed E-state index contributed by atoms with van der Waals surface area (Å²) in [5, 5.41) is 8.56. The second-order valence-corrected chi connectivity index (χ2v) is 4.47. The molecule has 0 aliphatic carbocycles. The Morgan fingerprint density at radius 2 is 2.00 bits per heavy atom. The Morgan fingerprint density at radius 3 is 2.75 bits per heavy atom. The van der Waals surface area contributed by atoms with E-state index in [4.69, 9.17) is 20.8 Å². The third kappa shape index (κ3) is 3.04. The van der Waals surface area contributed by atoms with Gasteiger partial charge in [-0.2, -0.15) is 0 Å². The molecule has 2 heterocycles. The van der Waals surface area contributed by atoms with Crippen LogP contribution in [0.3, 0.4) is 0 Å². The van der Waals surface area contributed by atoms with E-state index in [1.807, 2.05) is 12.1 Å². The van der Waals surface area contributed by atoms with Crippen molar-refractivity contribution < 1.29 is 9.15 Å². The number of nitrogens with one attached hydrogen (secondary N) is 1. The van der Waals surface area contributed by atoms with Crippen LogP contribution in [-0.4, -0.2) is 20.2 Å². The largest absolute Gasteiger partial charge is 0.418 e. The van der Waals surface area contributed by atoms with Crippen molar-refractivity contribution in [1.82, 2.24) is 20.2 Å². The molecular formula is C13H11ClN4O2. The smallest absolute Gasteiger partial charge is 0.247 e. The molecule has 0 radical (unpaired) electrons. The molecule has 0 saturated heterocycles. The van der Waals surface area contributed by atoms with Crippen LogP contribution in [0.25, 0.3) is 11.5 Å². The molecule has 0 spiro atoms. The molecule has 0 aliphatic rings. The zero-order valence-corrected chi connectivity index (χ0v) is 11.2. The van der Waals surface area contributed by atoms with E-state index in [9.17, 15) is 0 Å². The van der Waals surface area contributed by atoms with Gasteiger partial charge in [-0.1, -0.05) is 11.6 Å². The van der Waals surface area contributed by atoms with Crippen molar-refractivity contribution in [3.8, 4) is 11.5 Å². The highest BCUT2D eigenvalue weighted by molar-refractivity contribution is 6.30. The standard InChI is InChI=1S/C13H11ClN4O2/c14-10-3-1-9(2-4-10)13-18-17-12(20-13)8-19-7-11-15-5-6-16-11/h1-6H,7-8H2,(H,15,16). The summed E-state index contributed by atoms with van der Waals surface area (Å²) < 4.78 is 10.9. The molecule has 0 atom stereocenters. The monoisotopic (exact) mass is 290 g/mol. The van der Waals surface area contributed by atoms with Gasteiger partial charge in [0.1, 0.15) is 19.0 Å². The van der Waals surface area contributed by atoms with E-state index >= 15 is 0 Å². The van der Waals surface area contributed by atoms with Crippen LogP contribution in [0.5, 0.6) is 0 Å². The quantitative estimate of drug-likeness (QED) is 0.782. The van der Waals surface area contributed by atoms with Gasteiger partial charge in [0.25, 0.3) is 0 Å². The summed E-state index contributed by atoms with van der Waals surface area (Å²) in [6, 6.07) is 7.19. The van der Waals surface area contributed by atoms with Crippen LogP contribution >= 0.6 is 11.6 Å². The Kier molecular flexibility index (Phi) is 3.76. The Hall–Kier alpha value is -2.18. The molecule has 1 aromatic carbocycles. The fourth-order valence-electron chi connectivity index (χ4n) is 1.63. The van der Waals surface area contributed by atoms with Crippen LogP contribution in [-0.2, 0) is 18.0 Å². The Labute approximate surface area is 119 Å². The van der Waals surface area contributed by atoms with Gasteiger partial charge in [-0.3, -0.25) is 0 Å². The van der Waals surface area contributed by atoms with Crippen LogP contribution in [0.1, 0.15) is 11.7 Å². The molecule has 6 nitrogen and oxygen atoms in total. The maximum absolute atomic E-state index is 5.83. The van der Waals surface area contributed by atoms with Gasteiger partial charge in [0, 0.05) is 23.0 Å². The third-order valence-corrected chi connectivity index (χ3v) is 2.83. The minimum absolute atomic E-state index is 0.237. The van der Waals surface area contributed by atoms with Gasteiger partial charge in [-0.15, -0.1) is 10.2 Å². The molecule has 0 bridgehead atoms. The van der Waals surface area contributed by atoms with Crippen LogP contribution in [0.4, 0.5) is 0 Å². The first-order valence-corrected chi connectivity index (χ1v) is 6.33. The molecule has 3 rings (SSSR count). The van der Waals surface area contributed by atoms with Crippen molar-refractivity contribution in [1.29, 1.82) is 0 Å². The predicted octanol–water partition coefficient (Wildman–Crippen LogP) is 2.83. The van der Waals surface area contributed by atoms with Crippen molar-refractivity contribution >= 4 is 11.6 Å². The number of nitrogens with zero attached hydrogens (tertiary/aromatic N) is 3. The molecule has 0 fully saturated rings. The summed E-state index contributed by atoms with van der Waals surface area (Å²) in [6.45, 7) is 0.604. The number of aromatic nitrogens is 4. The van der Waals surface area contributed by atoms with Crippen LogP contribution in [0.15, 0.2) is 41.1 Å². The molecule has 7 heteroatoms. The second-order valence-electron chi connectivity index (χ2n) is 4.04. The predicted molar refractivity (Wildman–Crippen MR) is 71.8 cm³/mol. The normalized spacial score (nSPS) is 10.8. The molecule has 3 aromatic rings. The van der Waals surface area contributed by atoms with E-state index in [1.165, 1.54) is 0 Å². The van der Waals surface area contributed by atoms with Crippen LogP contribution in [0.2, 0.25) is 5.02 Å². The lowest BCUT2D eigenvalue weighted by atomic mass is 10.2. The van der Waals surface area contributed by atoms with Gasteiger partial charge in [0.05, 0.1) is 0 Å². The zero-order chi connectivity index (χ0) is 13.8. The highest BCUT2D eigenvalue weighted by atomic mass is 35.5. The molecule has 2 aromatic heterocycles. The number of ether oxygens (including phenoxy) is 1. The van der Waals surface area contributed by atoms with Crippen molar-refractivity contribution in [2.75, 3.05) is 0 Å². The summed E-state index contributed by atoms with van der Waals surface area (Å²) >= 11 is 5.83. The fourth-order valence-corrected chi connectivity index (χ4v) is 1.76. The third-order valence-electron chi connectivity index (χ3n) is 2.58. The molecule has 1 N–H and O–H groups in total. The van der Waals surface area contributed by atoms with Gasteiger partial charge >= 0.3 is 0 Å². The number of benzene rings is 1. The first kappa shape index (κ1) is 12.8. The number of imidazole rings is 1. The SMILES string of the molecule is Clc1ccc(-c2nnc(COCc3ncc[nH]3)o2)cc1. The van der Waals surface area contributed by atoms with Gasteiger partial charge in [-0.25, -0.2) is 4.98 Å². The summed E-state index contributed by atoms with van der Waals surface area (Å²) in [6.07, 6.45) is 3.41. The van der Waals surface area contributed by atoms with E-state index < -0.39 is 0 Å². The lowest BCUT2D eigenvalue weighted by molar-refractivity contribution is 0.0855. The molecular weight excluding hydrogens is 280 g/mol. The van der Waals surface area contributed by atoms with Crippen molar-refractivity contribution in [2.24, 2.45) is 0 Å². The van der Waals surface area contributed by atoms with Crippen LogP contribution in [0, 0.1) is 0 Å². The van der Waals surface area contributed by atoms with Crippen LogP contribution < -0.4 is 0 Å². The first-order chi connectivity index (χ1) is 9.81. The summed E-state index contributed by atoms with van der Waals surface area (Å²) in [4.78, 5) is 6.99. The number of aromatic amines is 1. The van der Waals surface area contributed by atoms with E-state index in [0.717, 1.165) is 11.4 Å². The average molecular weight is 291 g/mol. The maximum Gasteiger partial charge on any atom is 0.247 e.